The van der Waals surface area contributed by atoms with Crippen LogP contribution in [-0.4, -0.2) is 42.0 Å². The predicted octanol–water partition coefficient (Wildman–Crippen LogP) is 3.16. The van der Waals surface area contributed by atoms with Crippen molar-refractivity contribution >= 4 is 27.3 Å². The van der Waals surface area contributed by atoms with Crippen LogP contribution in [0.5, 0.6) is 0 Å². The molecule has 2 rings (SSSR count). The highest BCUT2D eigenvalue weighted by atomic mass is 79.9. The maximum atomic E-state index is 14.0. The number of halogens is 3. The molecule has 0 aromatic heterocycles. The summed E-state index contributed by atoms with van der Waals surface area (Å²) in [5, 5.41) is 11.2. The summed E-state index contributed by atoms with van der Waals surface area (Å²) >= 11 is 2.71. The number of nitrogens with zero attached hydrogens (tertiary/aromatic N) is 3. The van der Waals surface area contributed by atoms with Crippen LogP contribution in [0.3, 0.4) is 0 Å². The van der Waals surface area contributed by atoms with Gasteiger partial charge >= 0.3 is 5.69 Å². The van der Waals surface area contributed by atoms with Crippen molar-refractivity contribution in [1.29, 1.82) is 0 Å². The predicted molar refractivity (Wildman–Crippen MR) is 79.6 cm³/mol. The van der Waals surface area contributed by atoms with Gasteiger partial charge in [-0.1, -0.05) is 0 Å². The van der Waals surface area contributed by atoms with E-state index >= 15 is 0 Å². The van der Waals surface area contributed by atoms with E-state index in [-0.39, 0.29) is 17.8 Å². The van der Waals surface area contributed by atoms with E-state index < -0.39 is 26.7 Å². The summed E-state index contributed by atoms with van der Waals surface area (Å²) in [6.45, 7) is 4.89. The molecule has 1 aromatic carbocycles. The molecule has 2 unspecified atom stereocenters. The highest BCUT2D eigenvalue weighted by Gasteiger charge is 2.34. The quantitative estimate of drug-likeness (QED) is 0.460. The number of nitro groups is 1. The third-order valence-corrected chi connectivity index (χ3v) is 4.73. The van der Waals surface area contributed by atoms with Gasteiger partial charge in [-0.3, -0.25) is 15.0 Å². The third-order valence-electron chi connectivity index (χ3n) is 4.00. The van der Waals surface area contributed by atoms with Crippen LogP contribution in [0.25, 0.3) is 0 Å². The first-order valence-electron chi connectivity index (χ1n) is 6.52. The Morgan fingerprint density at radius 3 is 2.33 bits per heavy atom. The topological polar surface area (TPSA) is 49.6 Å². The van der Waals surface area contributed by atoms with E-state index in [9.17, 15) is 18.9 Å². The molecule has 0 spiro atoms. The van der Waals surface area contributed by atoms with Crippen molar-refractivity contribution in [2.75, 3.05) is 25.0 Å². The van der Waals surface area contributed by atoms with E-state index in [1.807, 2.05) is 20.9 Å². The molecule has 0 saturated carbocycles. The lowest BCUT2D eigenvalue weighted by Gasteiger charge is -2.43. The second-order valence-corrected chi connectivity index (χ2v) is 6.17. The fraction of sp³-hybridized carbons (Fsp3) is 0.538. The lowest BCUT2D eigenvalue weighted by atomic mass is 10.1. The van der Waals surface area contributed by atoms with E-state index in [4.69, 9.17) is 0 Å². The minimum Gasteiger partial charge on any atom is -0.363 e. The lowest BCUT2D eigenvalue weighted by Crippen LogP contribution is -2.55. The molecule has 1 fully saturated rings. The van der Waals surface area contributed by atoms with Gasteiger partial charge in [0, 0.05) is 31.2 Å². The Morgan fingerprint density at radius 2 is 1.86 bits per heavy atom. The SMILES string of the molecule is CC1CN(c2cc(F)c(Br)c(F)c2[N+](=O)[O-])CC(C)N1C. The van der Waals surface area contributed by atoms with Crippen molar-refractivity contribution < 1.29 is 13.7 Å². The Bertz CT molecular complexity index is 573. The summed E-state index contributed by atoms with van der Waals surface area (Å²) in [5.41, 5.74) is -0.697. The van der Waals surface area contributed by atoms with Crippen LogP contribution in [0.4, 0.5) is 20.2 Å². The summed E-state index contributed by atoms with van der Waals surface area (Å²) in [5.74, 6) is -2.01. The number of likely N-dealkylation sites (N-methyl/N-ethyl adjacent to an activating group) is 1. The molecule has 1 saturated heterocycles. The van der Waals surface area contributed by atoms with Gasteiger partial charge in [-0.15, -0.1) is 0 Å². The molecule has 21 heavy (non-hydrogen) atoms. The van der Waals surface area contributed by atoms with Gasteiger partial charge in [0.1, 0.15) is 11.5 Å². The Labute approximate surface area is 129 Å². The van der Waals surface area contributed by atoms with E-state index in [0.29, 0.717) is 13.1 Å². The summed E-state index contributed by atoms with van der Waals surface area (Å²) in [7, 11) is 1.96. The molecule has 2 atom stereocenters. The molecule has 0 bridgehead atoms. The van der Waals surface area contributed by atoms with Gasteiger partial charge < -0.3 is 4.90 Å². The van der Waals surface area contributed by atoms with Gasteiger partial charge in [-0.2, -0.15) is 4.39 Å². The minimum absolute atomic E-state index is 0.00926. The summed E-state index contributed by atoms with van der Waals surface area (Å²) in [4.78, 5) is 14.2. The number of hydrogen-bond donors (Lipinski definition) is 0. The maximum Gasteiger partial charge on any atom is 0.329 e. The zero-order chi connectivity index (χ0) is 15.9. The number of benzene rings is 1. The second-order valence-electron chi connectivity index (χ2n) is 5.38. The van der Waals surface area contributed by atoms with Crippen LogP contribution >= 0.6 is 15.9 Å². The number of hydrogen-bond acceptors (Lipinski definition) is 4. The maximum absolute atomic E-state index is 14.0. The van der Waals surface area contributed by atoms with Crippen LogP contribution < -0.4 is 4.90 Å². The van der Waals surface area contributed by atoms with Gasteiger partial charge in [0.2, 0.25) is 5.82 Å². The van der Waals surface area contributed by atoms with Crippen molar-refractivity contribution in [3.8, 4) is 0 Å². The molecule has 0 amide bonds. The molecule has 1 aromatic rings. The van der Waals surface area contributed by atoms with Crippen molar-refractivity contribution in [2.45, 2.75) is 25.9 Å². The number of anilines is 1. The van der Waals surface area contributed by atoms with E-state index in [0.717, 1.165) is 6.07 Å². The van der Waals surface area contributed by atoms with Crippen molar-refractivity contribution in [3.05, 3.63) is 32.3 Å². The third kappa shape index (κ3) is 2.87. The van der Waals surface area contributed by atoms with E-state index in [1.54, 1.807) is 4.90 Å². The molecule has 0 N–H and O–H groups in total. The summed E-state index contributed by atoms with van der Waals surface area (Å²) in [6.07, 6.45) is 0. The first-order valence-corrected chi connectivity index (χ1v) is 7.32. The molecule has 1 aliphatic heterocycles. The molecule has 8 heteroatoms. The van der Waals surface area contributed by atoms with Gasteiger partial charge in [0.25, 0.3) is 0 Å². The fourth-order valence-electron chi connectivity index (χ4n) is 2.59. The molecule has 0 radical (unpaired) electrons. The largest absolute Gasteiger partial charge is 0.363 e. The number of piperazine rings is 1. The standard InChI is InChI=1S/C13H16BrF2N3O2/c1-7-5-18(6-8(2)17(7)3)10-4-9(15)11(14)12(16)13(10)19(20)21/h4,7-8H,5-6H2,1-3H3. The molecule has 0 aliphatic carbocycles. The second kappa shape index (κ2) is 5.84. The lowest BCUT2D eigenvalue weighted by molar-refractivity contribution is -0.386. The average molecular weight is 364 g/mol. The molecular formula is C13H16BrF2N3O2. The van der Waals surface area contributed by atoms with Gasteiger partial charge in [0.15, 0.2) is 0 Å². The normalized spacial score (nSPS) is 23.4. The highest BCUT2D eigenvalue weighted by Crippen LogP contribution is 2.38. The number of rotatable bonds is 2. The molecular weight excluding hydrogens is 348 g/mol. The molecule has 1 aliphatic rings. The van der Waals surface area contributed by atoms with Gasteiger partial charge in [-0.05, 0) is 36.8 Å². The van der Waals surface area contributed by atoms with E-state index in [2.05, 4.69) is 20.8 Å². The van der Waals surface area contributed by atoms with E-state index in [1.165, 1.54) is 0 Å². The van der Waals surface area contributed by atoms with Crippen LogP contribution in [0.2, 0.25) is 0 Å². The summed E-state index contributed by atoms with van der Waals surface area (Å²) < 4.78 is 27.3. The average Bonchev–Trinajstić information content (AvgIpc) is 2.40. The Balaban J connectivity index is 2.51. The Morgan fingerprint density at radius 1 is 1.33 bits per heavy atom. The van der Waals surface area contributed by atoms with Gasteiger partial charge in [0.05, 0.1) is 9.40 Å². The monoisotopic (exact) mass is 363 g/mol. The molecule has 116 valence electrons. The Hall–Kier alpha value is -1.28. The van der Waals surface area contributed by atoms with Crippen LogP contribution in [-0.2, 0) is 0 Å². The molecule has 5 nitrogen and oxygen atoms in total. The fourth-order valence-corrected chi connectivity index (χ4v) is 2.89. The molecule has 1 heterocycles. The van der Waals surface area contributed by atoms with Crippen molar-refractivity contribution in [3.63, 3.8) is 0 Å². The zero-order valence-electron chi connectivity index (χ0n) is 11.9. The van der Waals surface area contributed by atoms with Crippen LogP contribution in [0, 0.1) is 21.7 Å². The van der Waals surface area contributed by atoms with Crippen LogP contribution in [0.15, 0.2) is 10.5 Å². The summed E-state index contributed by atoms with van der Waals surface area (Å²) in [6, 6.07) is 1.28. The first-order chi connectivity index (χ1) is 9.73. The Kier molecular flexibility index (Phi) is 4.48. The zero-order valence-corrected chi connectivity index (χ0v) is 13.5. The van der Waals surface area contributed by atoms with Crippen LogP contribution in [0.1, 0.15) is 13.8 Å². The van der Waals surface area contributed by atoms with Gasteiger partial charge in [-0.25, -0.2) is 4.39 Å². The smallest absolute Gasteiger partial charge is 0.329 e. The first kappa shape index (κ1) is 16.1. The van der Waals surface area contributed by atoms with Crippen molar-refractivity contribution in [2.24, 2.45) is 0 Å². The highest BCUT2D eigenvalue weighted by molar-refractivity contribution is 9.10. The number of nitro benzene ring substituents is 1. The minimum atomic E-state index is -1.17. The van der Waals surface area contributed by atoms with Crippen molar-refractivity contribution in [1.82, 2.24) is 4.90 Å².